The molecule has 0 saturated heterocycles. The number of carbonyl (C=O) groups is 1. The Morgan fingerprint density at radius 3 is 2.67 bits per heavy atom. The van der Waals surface area contributed by atoms with Crippen LogP contribution in [0.2, 0.25) is 0 Å². The van der Waals surface area contributed by atoms with Gasteiger partial charge in [-0.1, -0.05) is 18.2 Å². The number of benzene rings is 1. The first-order valence-corrected chi connectivity index (χ1v) is 5.66. The van der Waals surface area contributed by atoms with Gasteiger partial charge in [-0.3, -0.25) is 5.32 Å². The highest BCUT2D eigenvalue weighted by atomic mass is 16.6. The van der Waals surface area contributed by atoms with Crippen molar-refractivity contribution in [2.75, 3.05) is 5.32 Å². The van der Waals surface area contributed by atoms with Crippen LogP contribution in [0.5, 0.6) is 0 Å². The second-order valence-corrected chi connectivity index (χ2v) is 4.92. The number of aromatic nitrogens is 2. The number of hydrogen-bond donors (Lipinski definition) is 1. The molecule has 0 radical (unpaired) electrons. The molecule has 1 heterocycles. The fraction of sp³-hybridized carbons (Fsp3) is 0.308. The lowest BCUT2D eigenvalue weighted by molar-refractivity contribution is 0.0635. The zero-order valence-corrected chi connectivity index (χ0v) is 10.6. The van der Waals surface area contributed by atoms with E-state index in [1.165, 1.54) is 0 Å². The lowest BCUT2D eigenvalue weighted by Crippen LogP contribution is -2.27. The molecule has 2 rings (SSSR count). The van der Waals surface area contributed by atoms with E-state index >= 15 is 0 Å². The quantitative estimate of drug-likeness (QED) is 0.838. The van der Waals surface area contributed by atoms with Gasteiger partial charge in [-0.05, 0) is 32.9 Å². The highest BCUT2D eigenvalue weighted by Gasteiger charge is 2.16. The van der Waals surface area contributed by atoms with E-state index in [2.05, 4.69) is 15.5 Å². The molecule has 1 aromatic heterocycles. The van der Waals surface area contributed by atoms with Gasteiger partial charge in [0.05, 0.1) is 5.52 Å². The molecule has 0 fully saturated rings. The molecule has 1 aromatic carbocycles. The first-order valence-electron chi connectivity index (χ1n) is 5.66. The number of anilines is 1. The van der Waals surface area contributed by atoms with Crippen LogP contribution in [0.25, 0.3) is 10.9 Å². The smallest absolute Gasteiger partial charge is 0.413 e. The van der Waals surface area contributed by atoms with Crippen molar-refractivity contribution in [3.05, 3.63) is 30.3 Å². The maximum Gasteiger partial charge on any atom is 0.413 e. The fourth-order valence-corrected chi connectivity index (χ4v) is 1.45. The SMILES string of the molecule is CC(C)(C)OC(=O)Nc1cc2ccccc2nn1. The average molecular weight is 245 g/mol. The normalized spacial score (nSPS) is 11.3. The summed E-state index contributed by atoms with van der Waals surface area (Å²) < 4.78 is 5.14. The van der Waals surface area contributed by atoms with Crippen molar-refractivity contribution in [3.8, 4) is 0 Å². The van der Waals surface area contributed by atoms with Crippen LogP contribution in [0.4, 0.5) is 10.6 Å². The minimum absolute atomic E-state index is 0.378. The highest BCUT2D eigenvalue weighted by molar-refractivity contribution is 5.87. The number of hydrogen-bond acceptors (Lipinski definition) is 4. The lowest BCUT2D eigenvalue weighted by Gasteiger charge is -2.19. The van der Waals surface area contributed by atoms with E-state index < -0.39 is 11.7 Å². The van der Waals surface area contributed by atoms with Crippen LogP contribution in [-0.2, 0) is 4.74 Å². The number of carbonyl (C=O) groups excluding carboxylic acids is 1. The van der Waals surface area contributed by atoms with Crippen LogP contribution in [-0.4, -0.2) is 21.9 Å². The van der Waals surface area contributed by atoms with Gasteiger partial charge in [0.1, 0.15) is 5.60 Å². The molecule has 94 valence electrons. The van der Waals surface area contributed by atoms with Gasteiger partial charge in [0.2, 0.25) is 0 Å². The van der Waals surface area contributed by atoms with E-state index in [0.29, 0.717) is 5.82 Å². The number of amides is 1. The number of fused-ring (bicyclic) bond motifs is 1. The third-order valence-electron chi connectivity index (χ3n) is 2.12. The molecule has 1 N–H and O–H groups in total. The summed E-state index contributed by atoms with van der Waals surface area (Å²) in [7, 11) is 0. The fourth-order valence-electron chi connectivity index (χ4n) is 1.45. The highest BCUT2D eigenvalue weighted by Crippen LogP contribution is 2.14. The molecule has 0 aliphatic heterocycles. The first-order chi connectivity index (χ1) is 8.44. The molecule has 0 aliphatic carbocycles. The maximum atomic E-state index is 11.6. The summed E-state index contributed by atoms with van der Waals surface area (Å²) in [5, 5.41) is 11.4. The van der Waals surface area contributed by atoms with Crippen molar-refractivity contribution in [3.63, 3.8) is 0 Å². The number of nitrogens with one attached hydrogen (secondary N) is 1. The van der Waals surface area contributed by atoms with Crippen LogP contribution >= 0.6 is 0 Å². The molecule has 2 aromatic rings. The van der Waals surface area contributed by atoms with E-state index in [9.17, 15) is 4.79 Å². The summed E-state index contributed by atoms with van der Waals surface area (Å²) in [6.45, 7) is 5.41. The van der Waals surface area contributed by atoms with Crippen LogP contribution < -0.4 is 5.32 Å². The molecule has 1 amide bonds. The van der Waals surface area contributed by atoms with E-state index in [1.807, 2.05) is 24.3 Å². The standard InChI is InChI=1S/C13H15N3O2/c1-13(2,3)18-12(17)14-11-8-9-6-4-5-7-10(9)15-16-11/h4-8H,1-3H3,(H,14,16,17). The summed E-state index contributed by atoms with van der Waals surface area (Å²) in [6.07, 6.45) is -0.535. The summed E-state index contributed by atoms with van der Waals surface area (Å²) in [6, 6.07) is 9.31. The molecular formula is C13H15N3O2. The monoisotopic (exact) mass is 245 g/mol. The topological polar surface area (TPSA) is 64.1 Å². The minimum atomic E-state index is -0.535. The Kier molecular flexibility index (Phi) is 3.14. The summed E-state index contributed by atoms with van der Waals surface area (Å²) >= 11 is 0. The Morgan fingerprint density at radius 1 is 1.22 bits per heavy atom. The van der Waals surface area contributed by atoms with Crippen molar-refractivity contribution in [2.45, 2.75) is 26.4 Å². The predicted octanol–water partition coefficient (Wildman–Crippen LogP) is 2.98. The zero-order valence-electron chi connectivity index (χ0n) is 10.6. The van der Waals surface area contributed by atoms with E-state index in [0.717, 1.165) is 10.9 Å². The van der Waals surface area contributed by atoms with Crippen LogP contribution in [0.1, 0.15) is 20.8 Å². The summed E-state index contributed by atoms with van der Waals surface area (Å²) in [5.41, 5.74) is 0.251. The third kappa shape index (κ3) is 3.16. The van der Waals surface area contributed by atoms with Crippen LogP contribution in [0.3, 0.4) is 0 Å². The minimum Gasteiger partial charge on any atom is -0.444 e. The molecule has 0 unspecified atom stereocenters. The Bertz CT molecular complexity index is 576. The predicted molar refractivity (Wildman–Crippen MR) is 69.4 cm³/mol. The second kappa shape index (κ2) is 4.60. The molecule has 0 spiro atoms. The van der Waals surface area contributed by atoms with E-state index in [1.54, 1.807) is 26.8 Å². The first kappa shape index (κ1) is 12.3. The maximum absolute atomic E-state index is 11.6. The molecule has 5 nitrogen and oxygen atoms in total. The van der Waals surface area contributed by atoms with E-state index in [4.69, 9.17) is 4.74 Å². The Balaban J connectivity index is 2.15. The molecule has 0 atom stereocenters. The van der Waals surface area contributed by atoms with Crippen molar-refractivity contribution in [2.24, 2.45) is 0 Å². The van der Waals surface area contributed by atoms with Gasteiger partial charge in [0, 0.05) is 5.39 Å². The average Bonchev–Trinajstić information content (AvgIpc) is 2.26. The number of rotatable bonds is 1. The van der Waals surface area contributed by atoms with Gasteiger partial charge < -0.3 is 4.74 Å². The Morgan fingerprint density at radius 2 is 1.94 bits per heavy atom. The van der Waals surface area contributed by atoms with Crippen molar-refractivity contribution in [1.82, 2.24) is 10.2 Å². The number of nitrogens with zero attached hydrogens (tertiary/aromatic N) is 2. The van der Waals surface area contributed by atoms with E-state index in [-0.39, 0.29) is 0 Å². The Hall–Kier alpha value is -2.17. The molecule has 18 heavy (non-hydrogen) atoms. The molecular weight excluding hydrogens is 230 g/mol. The van der Waals surface area contributed by atoms with Gasteiger partial charge in [0.15, 0.2) is 5.82 Å². The van der Waals surface area contributed by atoms with Crippen LogP contribution in [0, 0.1) is 0 Å². The molecule has 0 saturated carbocycles. The zero-order chi connectivity index (χ0) is 13.2. The van der Waals surface area contributed by atoms with Gasteiger partial charge >= 0.3 is 6.09 Å². The Labute approximate surface area is 105 Å². The van der Waals surface area contributed by atoms with Crippen molar-refractivity contribution >= 4 is 22.8 Å². The molecule has 0 aliphatic rings. The van der Waals surface area contributed by atoms with Gasteiger partial charge in [-0.25, -0.2) is 4.79 Å². The summed E-state index contributed by atoms with van der Waals surface area (Å²) in [4.78, 5) is 11.6. The summed E-state index contributed by atoms with van der Waals surface area (Å²) in [5.74, 6) is 0.378. The van der Waals surface area contributed by atoms with Crippen molar-refractivity contribution < 1.29 is 9.53 Å². The van der Waals surface area contributed by atoms with Gasteiger partial charge in [-0.15, -0.1) is 10.2 Å². The van der Waals surface area contributed by atoms with Crippen molar-refractivity contribution in [1.29, 1.82) is 0 Å². The van der Waals surface area contributed by atoms with Crippen LogP contribution in [0.15, 0.2) is 30.3 Å². The second-order valence-electron chi connectivity index (χ2n) is 4.92. The van der Waals surface area contributed by atoms with Gasteiger partial charge in [0.25, 0.3) is 0 Å². The lowest BCUT2D eigenvalue weighted by atomic mass is 10.2. The van der Waals surface area contributed by atoms with Gasteiger partial charge in [-0.2, -0.15) is 0 Å². The largest absolute Gasteiger partial charge is 0.444 e. The number of ether oxygens (including phenoxy) is 1. The third-order valence-corrected chi connectivity index (χ3v) is 2.12. The molecule has 0 bridgehead atoms. The molecule has 5 heteroatoms.